The number of carbonyl (C=O) groups is 1. The molecule has 5 heteroatoms. The molecular weight excluding hydrogens is 312 g/mol. The maximum atomic E-state index is 12.8. The zero-order chi connectivity index (χ0) is 17.1. The van der Waals surface area contributed by atoms with Gasteiger partial charge in [-0.3, -0.25) is 0 Å². The SMILES string of the molecule is O=C(Nc1cccc(N2CCCC2)c1)N1CCCC1CN1CCCC1. The van der Waals surface area contributed by atoms with Crippen LogP contribution in [0.5, 0.6) is 0 Å². The third-order valence-corrected chi connectivity index (χ3v) is 5.87. The number of carbonyl (C=O) groups excluding carboxylic acids is 1. The fourth-order valence-electron chi connectivity index (χ4n) is 4.51. The number of hydrogen-bond donors (Lipinski definition) is 1. The lowest BCUT2D eigenvalue weighted by molar-refractivity contribution is 0.186. The third kappa shape index (κ3) is 3.92. The lowest BCUT2D eigenvalue weighted by Gasteiger charge is -2.28. The zero-order valence-electron chi connectivity index (χ0n) is 15.1. The Labute approximate surface area is 151 Å². The largest absolute Gasteiger partial charge is 0.371 e. The summed E-state index contributed by atoms with van der Waals surface area (Å²) in [5.41, 5.74) is 2.14. The van der Waals surface area contributed by atoms with E-state index in [0.717, 1.165) is 44.7 Å². The summed E-state index contributed by atoms with van der Waals surface area (Å²) in [6, 6.07) is 8.76. The van der Waals surface area contributed by atoms with Crippen LogP contribution in [-0.2, 0) is 0 Å². The zero-order valence-corrected chi connectivity index (χ0v) is 15.1. The molecule has 0 aliphatic carbocycles. The normalized spacial score (nSPS) is 24.2. The summed E-state index contributed by atoms with van der Waals surface area (Å²) < 4.78 is 0. The fourth-order valence-corrected chi connectivity index (χ4v) is 4.51. The molecule has 136 valence electrons. The molecule has 3 heterocycles. The van der Waals surface area contributed by atoms with E-state index in [1.807, 2.05) is 6.07 Å². The lowest BCUT2D eigenvalue weighted by atomic mass is 10.2. The molecule has 0 radical (unpaired) electrons. The van der Waals surface area contributed by atoms with Gasteiger partial charge in [0.25, 0.3) is 0 Å². The van der Waals surface area contributed by atoms with Crippen LogP contribution in [0.2, 0.25) is 0 Å². The van der Waals surface area contributed by atoms with E-state index < -0.39 is 0 Å². The average Bonchev–Trinajstić information content (AvgIpc) is 3.38. The standard InChI is InChI=1S/C20H30N4O/c25-20(24-14-6-9-19(24)16-22-10-1-2-11-22)21-17-7-5-8-18(15-17)23-12-3-4-13-23/h5,7-8,15,19H,1-4,6,9-14,16H2,(H,21,25). The van der Waals surface area contributed by atoms with Crippen LogP contribution in [0.1, 0.15) is 38.5 Å². The van der Waals surface area contributed by atoms with Gasteiger partial charge in [0.05, 0.1) is 0 Å². The van der Waals surface area contributed by atoms with Crippen molar-refractivity contribution in [3.63, 3.8) is 0 Å². The first-order chi connectivity index (χ1) is 12.3. The van der Waals surface area contributed by atoms with Crippen molar-refractivity contribution in [3.05, 3.63) is 24.3 Å². The number of benzene rings is 1. The quantitative estimate of drug-likeness (QED) is 0.912. The van der Waals surface area contributed by atoms with Crippen molar-refractivity contribution in [2.75, 3.05) is 49.5 Å². The molecule has 1 N–H and O–H groups in total. The Bertz CT molecular complexity index is 593. The van der Waals surface area contributed by atoms with E-state index in [1.165, 1.54) is 44.5 Å². The molecule has 1 aromatic rings. The molecule has 3 aliphatic heterocycles. The predicted octanol–water partition coefficient (Wildman–Crippen LogP) is 3.38. The molecule has 3 aliphatic rings. The van der Waals surface area contributed by atoms with Gasteiger partial charge < -0.3 is 20.0 Å². The molecular formula is C20H30N4O. The maximum absolute atomic E-state index is 12.8. The number of amides is 2. The molecule has 2 amide bonds. The van der Waals surface area contributed by atoms with Crippen LogP contribution >= 0.6 is 0 Å². The van der Waals surface area contributed by atoms with Gasteiger partial charge in [0.15, 0.2) is 0 Å². The number of hydrogen-bond acceptors (Lipinski definition) is 3. The predicted molar refractivity (Wildman–Crippen MR) is 102 cm³/mol. The Balaban J connectivity index is 1.38. The molecule has 1 aromatic carbocycles. The second kappa shape index (κ2) is 7.65. The maximum Gasteiger partial charge on any atom is 0.322 e. The Kier molecular flexibility index (Phi) is 5.11. The highest BCUT2D eigenvalue weighted by atomic mass is 16.2. The molecule has 0 aromatic heterocycles. The monoisotopic (exact) mass is 342 g/mol. The number of rotatable bonds is 4. The van der Waals surface area contributed by atoms with Crippen LogP contribution in [0.3, 0.4) is 0 Å². The Hall–Kier alpha value is -1.75. The van der Waals surface area contributed by atoms with E-state index in [-0.39, 0.29) is 6.03 Å². The molecule has 0 spiro atoms. The van der Waals surface area contributed by atoms with Gasteiger partial charge in [-0.25, -0.2) is 4.79 Å². The molecule has 0 saturated carbocycles. The van der Waals surface area contributed by atoms with Gasteiger partial charge in [-0.1, -0.05) is 6.07 Å². The van der Waals surface area contributed by atoms with Crippen LogP contribution in [0, 0.1) is 0 Å². The van der Waals surface area contributed by atoms with E-state index in [1.54, 1.807) is 0 Å². The summed E-state index contributed by atoms with van der Waals surface area (Å²) in [4.78, 5) is 19.8. The average molecular weight is 342 g/mol. The van der Waals surface area contributed by atoms with E-state index >= 15 is 0 Å². The van der Waals surface area contributed by atoms with Gasteiger partial charge in [-0.15, -0.1) is 0 Å². The van der Waals surface area contributed by atoms with Crippen molar-refractivity contribution in [3.8, 4) is 0 Å². The summed E-state index contributed by atoms with van der Waals surface area (Å²) in [5, 5.41) is 3.14. The molecule has 1 unspecified atom stereocenters. The molecule has 4 rings (SSSR count). The van der Waals surface area contributed by atoms with E-state index in [9.17, 15) is 4.79 Å². The summed E-state index contributed by atoms with van der Waals surface area (Å²) in [5.74, 6) is 0. The van der Waals surface area contributed by atoms with Crippen molar-refractivity contribution in [1.82, 2.24) is 9.80 Å². The van der Waals surface area contributed by atoms with E-state index in [4.69, 9.17) is 0 Å². The van der Waals surface area contributed by atoms with Crippen molar-refractivity contribution in [2.24, 2.45) is 0 Å². The van der Waals surface area contributed by atoms with Gasteiger partial charge in [0.2, 0.25) is 0 Å². The van der Waals surface area contributed by atoms with Crippen LogP contribution in [0.4, 0.5) is 16.2 Å². The van der Waals surface area contributed by atoms with Crippen LogP contribution in [-0.4, -0.2) is 61.1 Å². The van der Waals surface area contributed by atoms with Gasteiger partial charge >= 0.3 is 6.03 Å². The van der Waals surface area contributed by atoms with E-state index in [2.05, 4.69) is 38.2 Å². The molecule has 0 bridgehead atoms. The van der Waals surface area contributed by atoms with E-state index in [0.29, 0.717) is 6.04 Å². The van der Waals surface area contributed by atoms with Gasteiger partial charge in [-0.05, 0) is 69.8 Å². The molecule has 5 nitrogen and oxygen atoms in total. The molecule has 3 saturated heterocycles. The molecule has 1 atom stereocenters. The second-order valence-corrected chi connectivity index (χ2v) is 7.67. The first kappa shape index (κ1) is 16.7. The summed E-state index contributed by atoms with van der Waals surface area (Å²) in [6.07, 6.45) is 7.41. The lowest BCUT2D eigenvalue weighted by Crippen LogP contribution is -2.44. The summed E-state index contributed by atoms with van der Waals surface area (Å²) in [7, 11) is 0. The van der Waals surface area contributed by atoms with Crippen molar-refractivity contribution in [1.29, 1.82) is 0 Å². The van der Waals surface area contributed by atoms with Gasteiger partial charge in [0, 0.05) is 43.6 Å². The molecule has 25 heavy (non-hydrogen) atoms. The second-order valence-electron chi connectivity index (χ2n) is 7.67. The highest BCUT2D eigenvalue weighted by Gasteiger charge is 2.30. The highest BCUT2D eigenvalue weighted by molar-refractivity contribution is 5.90. The topological polar surface area (TPSA) is 38.8 Å². The number of urea groups is 1. The number of anilines is 2. The van der Waals surface area contributed by atoms with Crippen LogP contribution in [0.15, 0.2) is 24.3 Å². The Morgan fingerprint density at radius 1 is 1.00 bits per heavy atom. The van der Waals surface area contributed by atoms with Crippen molar-refractivity contribution in [2.45, 2.75) is 44.6 Å². The molecule has 3 fully saturated rings. The Morgan fingerprint density at radius 2 is 1.76 bits per heavy atom. The number of likely N-dealkylation sites (tertiary alicyclic amines) is 2. The number of nitrogens with zero attached hydrogens (tertiary/aromatic N) is 3. The number of nitrogens with one attached hydrogen (secondary N) is 1. The minimum absolute atomic E-state index is 0.0697. The van der Waals surface area contributed by atoms with Crippen molar-refractivity contribution >= 4 is 17.4 Å². The first-order valence-corrected chi connectivity index (χ1v) is 9.94. The first-order valence-electron chi connectivity index (χ1n) is 9.94. The van der Waals surface area contributed by atoms with Crippen molar-refractivity contribution < 1.29 is 4.79 Å². The van der Waals surface area contributed by atoms with Crippen LogP contribution < -0.4 is 10.2 Å². The minimum Gasteiger partial charge on any atom is -0.371 e. The Morgan fingerprint density at radius 3 is 2.56 bits per heavy atom. The smallest absolute Gasteiger partial charge is 0.322 e. The highest BCUT2D eigenvalue weighted by Crippen LogP contribution is 2.25. The summed E-state index contributed by atoms with van der Waals surface area (Å²) >= 11 is 0. The third-order valence-electron chi connectivity index (χ3n) is 5.87. The van der Waals surface area contributed by atoms with Gasteiger partial charge in [-0.2, -0.15) is 0 Å². The minimum atomic E-state index is 0.0697. The van der Waals surface area contributed by atoms with Gasteiger partial charge in [0.1, 0.15) is 0 Å². The fraction of sp³-hybridized carbons (Fsp3) is 0.650. The summed E-state index contributed by atoms with van der Waals surface area (Å²) in [6.45, 7) is 6.58. The van der Waals surface area contributed by atoms with Crippen LogP contribution in [0.25, 0.3) is 0 Å².